The van der Waals surface area contributed by atoms with E-state index in [9.17, 15) is 5.11 Å². The maximum atomic E-state index is 9.29. The predicted octanol–water partition coefficient (Wildman–Crippen LogP) is 1.84. The monoisotopic (exact) mass is 248 g/mol. The number of hydrogen-bond donors (Lipinski definition) is 2. The van der Waals surface area contributed by atoms with Gasteiger partial charge in [0.2, 0.25) is 0 Å². The van der Waals surface area contributed by atoms with E-state index < -0.39 is 0 Å². The molecule has 1 saturated heterocycles. The number of rotatable bonds is 5. The van der Waals surface area contributed by atoms with Gasteiger partial charge in [0.25, 0.3) is 0 Å². The first kappa shape index (κ1) is 13.5. The van der Waals surface area contributed by atoms with E-state index >= 15 is 0 Å². The number of aliphatic hydroxyl groups is 1. The molecule has 1 aliphatic heterocycles. The fourth-order valence-corrected chi connectivity index (χ4v) is 2.86. The van der Waals surface area contributed by atoms with Gasteiger partial charge >= 0.3 is 0 Å². The van der Waals surface area contributed by atoms with E-state index in [2.05, 4.69) is 30.0 Å². The molecule has 100 valence electrons. The Morgan fingerprint density at radius 3 is 2.94 bits per heavy atom. The molecule has 1 fully saturated rings. The lowest BCUT2D eigenvalue weighted by Crippen LogP contribution is -2.34. The molecule has 0 amide bonds. The molecule has 1 aromatic rings. The van der Waals surface area contributed by atoms with Gasteiger partial charge in [-0.3, -0.25) is 4.90 Å². The van der Waals surface area contributed by atoms with Crippen molar-refractivity contribution in [3.8, 4) is 0 Å². The summed E-state index contributed by atoms with van der Waals surface area (Å²) in [5.41, 5.74) is 8.79. The molecule has 0 bridgehead atoms. The minimum absolute atomic E-state index is 0.103. The van der Waals surface area contributed by atoms with Crippen LogP contribution in [0.25, 0.3) is 0 Å². The van der Waals surface area contributed by atoms with Crippen LogP contribution in [-0.4, -0.2) is 35.7 Å². The van der Waals surface area contributed by atoms with Crippen LogP contribution in [0.1, 0.15) is 36.4 Å². The van der Waals surface area contributed by atoms with E-state index in [4.69, 9.17) is 5.73 Å². The van der Waals surface area contributed by atoms with Crippen LogP contribution in [0, 0.1) is 6.92 Å². The lowest BCUT2D eigenvalue weighted by atomic mass is 9.99. The summed E-state index contributed by atoms with van der Waals surface area (Å²) < 4.78 is 0. The molecule has 0 aliphatic carbocycles. The van der Waals surface area contributed by atoms with E-state index in [1.165, 1.54) is 17.5 Å². The number of aryl methyl sites for hydroxylation is 1. The zero-order valence-corrected chi connectivity index (χ0v) is 11.2. The summed E-state index contributed by atoms with van der Waals surface area (Å²) in [6.45, 7) is 4.48. The third kappa shape index (κ3) is 3.10. The van der Waals surface area contributed by atoms with Crippen molar-refractivity contribution in [1.29, 1.82) is 0 Å². The summed E-state index contributed by atoms with van der Waals surface area (Å²) in [5.74, 6) is 0. The summed E-state index contributed by atoms with van der Waals surface area (Å²) in [7, 11) is 0. The number of likely N-dealkylation sites (tertiary alicyclic amines) is 1. The summed E-state index contributed by atoms with van der Waals surface area (Å²) in [6.07, 6.45) is 3.28. The lowest BCUT2D eigenvalue weighted by Gasteiger charge is -2.24. The van der Waals surface area contributed by atoms with Crippen molar-refractivity contribution < 1.29 is 5.11 Å². The van der Waals surface area contributed by atoms with Crippen LogP contribution in [0.15, 0.2) is 24.3 Å². The van der Waals surface area contributed by atoms with Gasteiger partial charge in [0.05, 0.1) is 6.61 Å². The molecule has 3 N–H and O–H groups in total. The van der Waals surface area contributed by atoms with Gasteiger partial charge in [0.1, 0.15) is 0 Å². The van der Waals surface area contributed by atoms with Gasteiger partial charge in [-0.15, -0.1) is 0 Å². The van der Waals surface area contributed by atoms with Gasteiger partial charge in [-0.25, -0.2) is 0 Å². The Hall–Kier alpha value is -0.900. The first-order valence-electron chi connectivity index (χ1n) is 6.88. The van der Waals surface area contributed by atoms with Crippen LogP contribution < -0.4 is 5.73 Å². The van der Waals surface area contributed by atoms with Crippen LogP contribution in [0.5, 0.6) is 0 Å². The topological polar surface area (TPSA) is 49.5 Å². The molecule has 2 rings (SSSR count). The van der Waals surface area contributed by atoms with Crippen LogP contribution in [-0.2, 0) is 0 Å². The van der Waals surface area contributed by atoms with Crippen LogP contribution in [0.2, 0.25) is 0 Å². The average molecular weight is 248 g/mol. The van der Waals surface area contributed by atoms with Gasteiger partial charge in [-0.05, 0) is 43.9 Å². The Labute approximate surface area is 110 Å². The molecule has 2 unspecified atom stereocenters. The van der Waals surface area contributed by atoms with Crippen molar-refractivity contribution >= 4 is 0 Å². The second-order valence-electron chi connectivity index (χ2n) is 5.27. The second kappa shape index (κ2) is 6.32. The Bertz CT molecular complexity index is 381. The highest BCUT2D eigenvalue weighted by Crippen LogP contribution is 2.21. The highest BCUT2D eigenvalue weighted by molar-refractivity contribution is 5.28. The van der Waals surface area contributed by atoms with E-state index in [-0.39, 0.29) is 12.6 Å². The molecule has 1 aliphatic rings. The Morgan fingerprint density at radius 1 is 1.44 bits per heavy atom. The molecule has 0 aromatic heterocycles. The molecule has 2 atom stereocenters. The standard InChI is InChI=1S/C15H24N2O/c1-12-5-2-3-7-14(12)15(16)8-10-17-9-4-6-13(17)11-18/h2-3,5,7,13,15,18H,4,6,8-11,16H2,1H3. The van der Waals surface area contributed by atoms with Gasteiger partial charge in [-0.2, -0.15) is 0 Å². The molecular weight excluding hydrogens is 224 g/mol. The van der Waals surface area contributed by atoms with Crippen molar-refractivity contribution in [2.45, 2.75) is 38.3 Å². The van der Waals surface area contributed by atoms with E-state index in [1.54, 1.807) is 0 Å². The predicted molar refractivity (Wildman–Crippen MR) is 74.4 cm³/mol. The first-order chi connectivity index (χ1) is 8.72. The van der Waals surface area contributed by atoms with E-state index in [0.29, 0.717) is 6.04 Å². The Morgan fingerprint density at radius 2 is 2.22 bits per heavy atom. The minimum atomic E-state index is 0.103. The smallest absolute Gasteiger partial charge is 0.0586 e. The summed E-state index contributed by atoms with van der Waals surface area (Å²) >= 11 is 0. The molecule has 3 heteroatoms. The summed E-state index contributed by atoms with van der Waals surface area (Å²) in [5, 5.41) is 9.29. The Balaban J connectivity index is 1.88. The molecule has 0 saturated carbocycles. The summed E-state index contributed by atoms with van der Waals surface area (Å²) in [4.78, 5) is 2.37. The highest BCUT2D eigenvalue weighted by Gasteiger charge is 2.23. The van der Waals surface area contributed by atoms with Crippen molar-refractivity contribution in [3.05, 3.63) is 35.4 Å². The first-order valence-corrected chi connectivity index (χ1v) is 6.88. The quantitative estimate of drug-likeness (QED) is 0.836. The largest absolute Gasteiger partial charge is 0.395 e. The molecule has 0 radical (unpaired) electrons. The van der Waals surface area contributed by atoms with E-state index in [1.807, 2.05) is 6.07 Å². The third-order valence-electron chi connectivity index (χ3n) is 4.03. The SMILES string of the molecule is Cc1ccccc1C(N)CCN1CCCC1CO. The zero-order valence-electron chi connectivity index (χ0n) is 11.2. The number of hydrogen-bond acceptors (Lipinski definition) is 3. The third-order valence-corrected chi connectivity index (χ3v) is 4.03. The van der Waals surface area contributed by atoms with Crippen molar-refractivity contribution in [3.63, 3.8) is 0 Å². The van der Waals surface area contributed by atoms with E-state index in [0.717, 1.165) is 25.9 Å². The number of benzene rings is 1. The Kier molecular flexibility index (Phi) is 4.75. The number of aliphatic hydroxyl groups excluding tert-OH is 1. The molecule has 1 aromatic carbocycles. The lowest BCUT2D eigenvalue weighted by molar-refractivity contribution is 0.155. The maximum Gasteiger partial charge on any atom is 0.0586 e. The number of nitrogens with zero attached hydrogens (tertiary/aromatic N) is 1. The molecule has 0 spiro atoms. The summed E-state index contributed by atoms with van der Waals surface area (Å²) in [6, 6.07) is 8.79. The average Bonchev–Trinajstić information content (AvgIpc) is 2.84. The fourth-order valence-electron chi connectivity index (χ4n) is 2.86. The van der Waals surface area contributed by atoms with Crippen molar-refractivity contribution in [1.82, 2.24) is 4.90 Å². The number of nitrogens with two attached hydrogens (primary N) is 1. The molecule has 1 heterocycles. The highest BCUT2D eigenvalue weighted by atomic mass is 16.3. The normalized spacial score (nSPS) is 22.3. The minimum Gasteiger partial charge on any atom is -0.395 e. The van der Waals surface area contributed by atoms with Crippen LogP contribution in [0.4, 0.5) is 0 Å². The van der Waals surface area contributed by atoms with Crippen molar-refractivity contribution in [2.24, 2.45) is 5.73 Å². The fraction of sp³-hybridized carbons (Fsp3) is 0.600. The maximum absolute atomic E-state index is 9.29. The second-order valence-corrected chi connectivity index (χ2v) is 5.27. The van der Waals surface area contributed by atoms with Gasteiger partial charge in [0.15, 0.2) is 0 Å². The molecule has 3 nitrogen and oxygen atoms in total. The molecule has 18 heavy (non-hydrogen) atoms. The van der Waals surface area contributed by atoms with Gasteiger partial charge in [0, 0.05) is 18.6 Å². The van der Waals surface area contributed by atoms with Crippen molar-refractivity contribution in [2.75, 3.05) is 19.7 Å². The van der Waals surface area contributed by atoms with Crippen LogP contribution in [0.3, 0.4) is 0 Å². The molecular formula is C15H24N2O. The van der Waals surface area contributed by atoms with Gasteiger partial charge < -0.3 is 10.8 Å². The zero-order chi connectivity index (χ0) is 13.0. The van der Waals surface area contributed by atoms with Crippen LogP contribution >= 0.6 is 0 Å². The van der Waals surface area contributed by atoms with Gasteiger partial charge in [-0.1, -0.05) is 24.3 Å².